The van der Waals surface area contributed by atoms with Crippen molar-refractivity contribution >= 4 is 36.4 Å². The highest BCUT2D eigenvalue weighted by atomic mass is 35.5. The lowest BCUT2D eigenvalue weighted by Gasteiger charge is -2.10. The van der Waals surface area contributed by atoms with E-state index in [9.17, 15) is 4.79 Å². The average molecular weight is 435 g/mol. The zero-order valence-corrected chi connectivity index (χ0v) is 18.6. The van der Waals surface area contributed by atoms with Crippen LogP contribution in [0, 0.1) is 13.8 Å². The van der Waals surface area contributed by atoms with E-state index in [2.05, 4.69) is 33.2 Å². The van der Waals surface area contributed by atoms with Crippen LogP contribution in [-0.2, 0) is 13.1 Å². The van der Waals surface area contributed by atoms with Gasteiger partial charge in [-0.3, -0.25) is 9.78 Å². The molecule has 7 heteroatoms. The van der Waals surface area contributed by atoms with E-state index in [1.54, 1.807) is 6.20 Å². The Kier molecular flexibility index (Phi) is 9.89. The van der Waals surface area contributed by atoms with E-state index in [4.69, 9.17) is 0 Å². The summed E-state index contributed by atoms with van der Waals surface area (Å²) in [6.45, 7) is 8.43. The first-order chi connectivity index (χ1) is 13.1. The normalized spacial score (nSPS) is 10.0. The van der Waals surface area contributed by atoms with Gasteiger partial charge in [0.2, 0.25) is 0 Å². The third kappa shape index (κ3) is 6.32. The van der Waals surface area contributed by atoms with Gasteiger partial charge in [0.15, 0.2) is 0 Å². The van der Waals surface area contributed by atoms with Crippen molar-refractivity contribution in [3.05, 3.63) is 82.9 Å². The average Bonchev–Trinajstić information content (AvgIpc) is 2.96. The van der Waals surface area contributed by atoms with Crippen LogP contribution in [0.15, 0.2) is 54.7 Å². The van der Waals surface area contributed by atoms with Crippen LogP contribution < -0.4 is 10.6 Å². The number of aromatic nitrogens is 2. The fourth-order valence-corrected chi connectivity index (χ4v) is 3.15. The topological polar surface area (TPSA) is 58.9 Å². The minimum absolute atomic E-state index is 0. The molecule has 0 radical (unpaired) electrons. The molecule has 1 aromatic carbocycles. The van der Waals surface area contributed by atoms with Gasteiger partial charge in [-0.25, -0.2) is 0 Å². The Labute approximate surface area is 184 Å². The summed E-state index contributed by atoms with van der Waals surface area (Å²) in [6.07, 6.45) is 1.79. The van der Waals surface area contributed by atoms with Crippen LogP contribution in [0.2, 0.25) is 0 Å². The van der Waals surface area contributed by atoms with Gasteiger partial charge < -0.3 is 15.2 Å². The van der Waals surface area contributed by atoms with Crippen LogP contribution in [0.1, 0.15) is 39.9 Å². The number of amides is 1. The molecule has 0 aliphatic carbocycles. The van der Waals surface area contributed by atoms with E-state index >= 15 is 0 Å². The molecule has 156 valence electrons. The van der Waals surface area contributed by atoms with Crippen molar-refractivity contribution in [3.8, 4) is 0 Å². The molecule has 1 amide bonds. The van der Waals surface area contributed by atoms with Crippen molar-refractivity contribution in [1.29, 1.82) is 0 Å². The number of carbonyl (C=O) groups is 1. The third-order valence-corrected chi connectivity index (χ3v) is 4.63. The van der Waals surface area contributed by atoms with Gasteiger partial charge in [-0.2, -0.15) is 0 Å². The number of pyridine rings is 1. The number of anilines is 1. The fraction of sp³-hybridized carbons (Fsp3) is 0.273. The highest BCUT2D eigenvalue weighted by Gasteiger charge is 2.16. The van der Waals surface area contributed by atoms with Crippen LogP contribution in [0.25, 0.3) is 0 Å². The van der Waals surface area contributed by atoms with E-state index in [1.807, 2.05) is 56.3 Å². The highest BCUT2D eigenvalue weighted by Crippen LogP contribution is 2.19. The van der Waals surface area contributed by atoms with Crippen molar-refractivity contribution in [1.82, 2.24) is 14.9 Å². The second-order valence-electron chi connectivity index (χ2n) is 6.63. The summed E-state index contributed by atoms with van der Waals surface area (Å²) in [7, 11) is 0. The second-order valence-corrected chi connectivity index (χ2v) is 6.63. The quantitative estimate of drug-likeness (QED) is 0.563. The Morgan fingerprint density at radius 3 is 2.55 bits per heavy atom. The molecule has 0 spiro atoms. The number of nitrogens with zero attached hydrogens (tertiary/aromatic N) is 2. The Balaban J connectivity index is 0.00000210. The largest absolute Gasteiger partial charge is 0.342 e. The summed E-state index contributed by atoms with van der Waals surface area (Å²) in [5, 5.41) is 6.32. The van der Waals surface area contributed by atoms with Crippen molar-refractivity contribution in [2.24, 2.45) is 0 Å². The van der Waals surface area contributed by atoms with Crippen molar-refractivity contribution in [3.63, 3.8) is 0 Å². The van der Waals surface area contributed by atoms with Crippen LogP contribution in [0.5, 0.6) is 0 Å². The Morgan fingerprint density at radius 1 is 1.07 bits per heavy atom. The van der Waals surface area contributed by atoms with Gasteiger partial charge in [-0.05, 0) is 56.3 Å². The molecule has 3 rings (SSSR count). The van der Waals surface area contributed by atoms with Crippen LogP contribution in [0.4, 0.5) is 5.69 Å². The smallest absolute Gasteiger partial charge is 0.257 e. The standard InChI is InChI=1S/C22H26N4O.2ClH/c1-4-23-14-18-8-7-10-19(13-18)25-22(27)21-12-16(2)26(17(21)3)15-20-9-5-6-11-24-20;;/h5-13,23H,4,14-15H2,1-3H3,(H,25,27);2*1H. The van der Waals surface area contributed by atoms with Crippen LogP contribution in [0.3, 0.4) is 0 Å². The zero-order valence-electron chi connectivity index (χ0n) is 16.9. The molecule has 2 N–H and O–H groups in total. The summed E-state index contributed by atoms with van der Waals surface area (Å²) in [5.74, 6) is -0.0871. The molecule has 0 saturated heterocycles. The summed E-state index contributed by atoms with van der Waals surface area (Å²) >= 11 is 0. The second kappa shape index (κ2) is 11.6. The Hall–Kier alpha value is -2.34. The first-order valence-electron chi connectivity index (χ1n) is 9.26. The molecule has 2 heterocycles. The fourth-order valence-electron chi connectivity index (χ4n) is 3.15. The number of benzene rings is 1. The summed E-state index contributed by atoms with van der Waals surface area (Å²) in [4.78, 5) is 17.2. The maximum Gasteiger partial charge on any atom is 0.257 e. The van der Waals surface area contributed by atoms with E-state index < -0.39 is 0 Å². The maximum absolute atomic E-state index is 12.8. The first kappa shape index (κ1) is 24.7. The molecule has 0 fully saturated rings. The van der Waals surface area contributed by atoms with Gasteiger partial charge in [0, 0.05) is 29.8 Å². The summed E-state index contributed by atoms with van der Waals surface area (Å²) < 4.78 is 2.12. The minimum Gasteiger partial charge on any atom is -0.342 e. The summed E-state index contributed by atoms with van der Waals surface area (Å²) in [6, 6.07) is 15.8. The van der Waals surface area contributed by atoms with Gasteiger partial charge in [-0.1, -0.05) is 25.1 Å². The monoisotopic (exact) mass is 434 g/mol. The van der Waals surface area contributed by atoms with Crippen molar-refractivity contribution < 1.29 is 4.79 Å². The number of hydrogen-bond acceptors (Lipinski definition) is 3. The van der Waals surface area contributed by atoms with Gasteiger partial charge >= 0.3 is 0 Å². The molecule has 29 heavy (non-hydrogen) atoms. The lowest BCUT2D eigenvalue weighted by atomic mass is 10.2. The Bertz CT molecular complexity index is 926. The maximum atomic E-state index is 12.8. The molecular formula is C22H28Cl2N4O. The predicted molar refractivity (Wildman–Crippen MR) is 124 cm³/mol. The lowest BCUT2D eigenvalue weighted by molar-refractivity contribution is 0.102. The molecule has 3 aromatic rings. The Morgan fingerprint density at radius 2 is 1.86 bits per heavy atom. The molecule has 0 aliphatic rings. The van der Waals surface area contributed by atoms with Crippen LogP contribution in [-0.4, -0.2) is 22.0 Å². The molecule has 0 unspecified atom stereocenters. The highest BCUT2D eigenvalue weighted by molar-refractivity contribution is 6.05. The molecule has 0 aliphatic heterocycles. The number of aryl methyl sites for hydroxylation is 1. The third-order valence-electron chi connectivity index (χ3n) is 4.63. The van der Waals surface area contributed by atoms with Gasteiger partial charge in [0.25, 0.3) is 5.91 Å². The van der Waals surface area contributed by atoms with E-state index in [1.165, 1.54) is 0 Å². The lowest BCUT2D eigenvalue weighted by Crippen LogP contribution is -2.15. The summed E-state index contributed by atoms with van der Waals surface area (Å²) in [5.41, 5.74) is 5.62. The zero-order chi connectivity index (χ0) is 19.2. The SMILES string of the molecule is CCNCc1cccc(NC(=O)c2cc(C)n(Cc3ccccn3)c2C)c1.Cl.Cl. The number of carbonyl (C=O) groups excluding carboxylic acids is 1. The van der Waals surface area contributed by atoms with Gasteiger partial charge in [-0.15, -0.1) is 24.8 Å². The molecule has 5 nitrogen and oxygen atoms in total. The number of nitrogens with one attached hydrogen (secondary N) is 2. The van der Waals surface area contributed by atoms with Crippen molar-refractivity contribution in [2.45, 2.75) is 33.9 Å². The molecule has 0 bridgehead atoms. The predicted octanol–water partition coefficient (Wildman–Crippen LogP) is 4.75. The van der Waals surface area contributed by atoms with Crippen molar-refractivity contribution in [2.75, 3.05) is 11.9 Å². The van der Waals surface area contributed by atoms with E-state index in [0.29, 0.717) is 12.1 Å². The van der Waals surface area contributed by atoms with E-state index in [-0.39, 0.29) is 30.7 Å². The molecule has 0 saturated carbocycles. The van der Waals surface area contributed by atoms with Crippen LogP contribution >= 0.6 is 24.8 Å². The first-order valence-corrected chi connectivity index (χ1v) is 9.26. The number of rotatable bonds is 7. The molecular weight excluding hydrogens is 407 g/mol. The van der Waals surface area contributed by atoms with Gasteiger partial charge in [0.05, 0.1) is 17.8 Å². The molecule has 2 aromatic heterocycles. The van der Waals surface area contributed by atoms with Gasteiger partial charge in [0.1, 0.15) is 0 Å². The number of hydrogen-bond donors (Lipinski definition) is 2. The minimum atomic E-state index is -0.0871. The number of halogens is 2. The van der Waals surface area contributed by atoms with E-state index in [0.717, 1.165) is 41.4 Å². The molecule has 0 atom stereocenters.